The molecule has 8 N–H and O–H groups in total. The van der Waals surface area contributed by atoms with Crippen molar-refractivity contribution in [1.82, 2.24) is 41.6 Å². The van der Waals surface area contributed by atoms with E-state index in [0.29, 0.717) is 83.0 Å². The average molecular weight is 889 g/mol. The van der Waals surface area contributed by atoms with Crippen molar-refractivity contribution in [1.29, 1.82) is 0 Å². The van der Waals surface area contributed by atoms with Gasteiger partial charge in [-0.3, -0.25) is 23.9 Å². The number of benzene rings is 1. The summed E-state index contributed by atoms with van der Waals surface area (Å²) in [4.78, 5) is 82.8. The smallest absolute Gasteiger partial charge is 0.326 e. The van der Waals surface area contributed by atoms with Crippen LogP contribution in [0.2, 0.25) is 0 Å². The molecular weight excluding hydrogens is 821 g/mol. The summed E-state index contributed by atoms with van der Waals surface area (Å²) in [5.41, 5.74) is 1.71. The van der Waals surface area contributed by atoms with Gasteiger partial charge in [-0.05, 0) is 93.9 Å². The summed E-state index contributed by atoms with van der Waals surface area (Å²) in [5, 5.41) is 48.7. The zero-order valence-electron chi connectivity index (χ0n) is 37.0. The topological polar surface area (TPSA) is 289 Å². The summed E-state index contributed by atoms with van der Waals surface area (Å²) < 4.78 is 12.9. The molecule has 0 aliphatic heterocycles. The van der Waals surface area contributed by atoms with E-state index in [4.69, 9.17) is 14.6 Å². The highest BCUT2D eigenvalue weighted by Gasteiger charge is 2.25. The lowest BCUT2D eigenvalue weighted by molar-refractivity contribution is -0.141. The van der Waals surface area contributed by atoms with Crippen molar-refractivity contribution in [3.05, 3.63) is 47.3 Å². The number of aryl methyl sites for hydroxylation is 2. The minimum Gasteiger partial charge on any atom is -0.481 e. The van der Waals surface area contributed by atoms with Crippen LogP contribution in [0.3, 0.4) is 0 Å². The maximum atomic E-state index is 12.6. The SMILES string of the molecule is CC(C)(C)CC(=O)NCCOCCCCCOCCNC(=O)c1ccc(C(=O)NCCCCCCc2cn(CCCC[C@H](NC(=O)N[C@@H](CCC(=O)O)C(=O)O)C(=O)O)nn2)cc1. The Kier molecular flexibility index (Phi) is 25.8. The molecular formula is C43H68N8O12. The molecule has 20 nitrogen and oxygen atoms in total. The second-order valence-corrected chi connectivity index (χ2v) is 16.4. The molecule has 20 heteroatoms. The first-order chi connectivity index (χ1) is 30.0. The number of nitrogens with zero attached hydrogens (tertiary/aromatic N) is 3. The van der Waals surface area contributed by atoms with Crippen LogP contribution in [0.4, 0.5) is 4.79 Å². The number of carboxylic acid groups (broad SMARTS) is 3. The second-order valence-electron chi connectivity index (χ2n) is 16.4. The molecule has 0 saturated heterocycles. The number of aliphatic carboxylic acids is 3. The predicted molar refractivity (Wildman–Crippen MR) is 231 cm³/mol. The normalized spacial score (nSPS) is 12.2. The molecule has 1 aromatic carbocycles. The third-order valence-electron chi connectivity index (χ3n) is 9.49. The van der Waals surface area contributed by atoms with Gasteiger partial charge < -0.3 is 51.4 Å². The van der Waals surface area contributed by atoms with Gasteiger partial charge in [0.2, 0.25) is 5.91 Å². The molecule has 352 valence electrons. The van der Waals surface area contributed by atoms with E-state index in [1.807, 2.05) is 27.0 Å². The second kappa shape index (κ2) is 30.4. The van der Waals surface area contributed by atoms with E-state index in [1.165, 1.54) is 0 Å². The first-order valence-electron chi connectivity index (χ1n) is 21.8. The van der Waals surface area contributed by atoms with Crippen LogP contribution in [0.15, 0.2) is 30.5 Å². The molecule has 2 rings (SSSR count). The van der Waals surface area contributed by atoms with E-state index in [2.05, 4.69) is 36.9 Å². The molecule has 5 amide bonds. The highest BCUT2D eigenvalue weighted by atomic mass is 16.5. The van der Waals surface area contributed by atoms with E-state index < -0.39 is 42.4 Å². The molecule has 0 radical (unpaired) electrons. The Morgan fingerprint density at radius 1 is 0.651 bits per heavy atom. The number of unbranched alkanes of at least 4 members (excludes halogenated alkanes) is 6. The van der Waals surface area contributed by atoms with Crippen molar-refractivity contribution in [3.63, 3.8) is 0 Å². The number of aromatic nitrogens is 3. The third-order valence-corrected chi connectivity index (χ3v) is 9.49. The van der Waals surface area contributed by atoms with Crippen molar-refractivity contribution in [2.75, 3.05) is 46.1 Å². The van der Waals surface area contributed by atoms with E-state index in [9.17, 15) is 43.8 Å². The minimum absolute atomic E-state index is 0.0319. The van der Waals surface area contributed by atoms with Gasteiger partial charge in [0.05, 0.1) is 18.9 Å². The number of carbonyl (C=O) groups excluding carboxylic acids is 4. The van der Waals surface area contributed by atoms with Crippen LogP contribution in [-0.2, 0) is 41.6 Å². The lowest BCUT2D eigenvalue weighted by Crippen LogP contribution is -2.51. The molecule has 0 bridgehead atoms. The standard InChI is InChI=1S/C43H68N8O12/c1-43(2,3)29-36(52)44-22-27-62-25-11-6-12-26-63-28-23-46-39(56)32-17-15-31(16-18-32)38(55)45-21-9-5-4-7-13-33-30-51(50-49-33)24-10-8-14-34(40(57)58)47-42(61)48-35(41(59)60)19-20-37(53)54/h15-18,30,34-35H,4-14,19-29H2,1-3H3,(H,44,52)(H,45,55)(H,46,56)(H,53,54)(H,57,58)(H,59,60)(H2,47,48,61)/t34-,35-/m0/s1. The van der Waals surface area contributed by atoms with Crippen LogP contribution in [0.25, 0.3) is 0 Å². The number of ether oxygens (including phenoxy) is 2. The van der Waals surface area contributed by atoms with Gasteiger partial charge in [-0.15, -0.1) is 5.10 Å². The van der Waals surface area contributed by atoms with E-state index in [1.54, 1.807) is 28.9 Å². The number of hydrogen-bond donors (Lipinski definition) is 8. The number of hydrogen-bond acceptors (Lipinski definition) is 11. The van der Waals surface area contributed by atoms with Crippen molar-refractivity contribution in [3.8, 4) is 0 Å². The highest BCUT2D eigenvalue weighted by Crippen LogP contribution is 2.17. The molecule has 2 aromatic rings. The van der Waals surface area contributed by atoms with Gasteiger partial charge in [-0.1, -0.05) is 38.8 Å². The highest BCUT2D eigenvalue weighted by molar-refractivity contribution is 5.97. The Bertz CT molecular complexity index is 1710. The molecule has 2 atom stereocenters. The summed E-state index contributed by atoms with van der Waals surface area (Å²) in [7, 11) is 0. The summed E-state index contributed by atoms with van der Waals surface area (Å²) >= 11 is 0. The summed E-state index contributed by atoms with van der Waals surface area (Å²) in [6.07, 6.45) is 9.56. The van der Waals surface area contributed by atoms with Crippen LogP contribution in [-0.4, -0.2) is 130 Å². The van der Waals surface area contributed by atoms with Crippen molar-refractivity contribution >= 4 is 41.7 Å². The first-order valence-corrected chi connectivity index (χ1v) is 21.8. The van der Waals surface area contributed by atoms with Crippen LogP contribution in [0.5, 0.6) is 0 Å². The molecule has 0 aliphatic carbocycles. The quantitative estimate of drug-likeness (QED) is 0.0467. The molecule has 0 saturated carbocycles. The number of amides is 5. The number of carboxylic acids is 3. The predicted octanol–water partition coefficient (Wildman–Crippen LogP) is 3.54. The lowest BCUT2D eigenvalue weighted by Gasteiger charge is -2.18. The number of carbonyl (C=O) groups is 7. The molecule has 1 aromatic heterocycles. The maximum absolute atomic E-state index is 12.6. The zero-order valence-corrected chi connectivity index (χ0v) is 37.0. The van der Waals surface area contributed by atoms with Crippen molar-refractivity contribution in [2.45, 2.75) is 129 Å². The van der Waals surface area contributed by atoms with Crippen LogP contribution in [0, 0.1) is 5.41 Å². The van der Waals surface area contributed by atoms with Gasteiger partial charge in [0.1, 0.15) is 12.1 Å². The van der Waals surface area contributed by atoms with E-state index in [-0.39, 0.29) is 36.0 Å². The van der Waals surface area contributed by atoms with E-state index in [0.717, 1.165) is 57.1 Å². The van der Waals surface area contributed by atoms with Crippen LogP contribution >= 0.6 is 0 Å². The largest absolute Gasteiger partial charge is 0.481 e. The third kappa shape index (κ3) is 25.8. The van der Waals surface area contributed by atoms with E-state index >= 15 is 0 Å². The molecule has 63 heavy (non-hydrogen) atoms. The van der Waals surface area contributed by atoms with Crippen molar-refractivity contribution < 1.29 is 58.4 Å². The van der Waals surface area contributed by atoms with Crippen molar-refractivity contribution in [2.24, 2.45) is 5.41 Å². The fraction of sp³-hybridized carbons (Fsp3) is 0.651. The molecule has 0 spiro atoms. The Morgan fingerprint density at radius 2 is 1.19 bits per heavy atom. The van der Waals surface area contributed by atoms with Gasteiger partial charge in [0.25, 0.3) is 11.8 Å². The summed E-state index contributed by atoms with van der Waals surface area (Å²) in [6, 6.07) is 2.75. The maximum Gasteiger partial charge on any atom is 0.326 e. The number of urea groups is 1. The summed E-state index contributed by atoms with van der Waals surface area (Å²) in [5.74, 6) is -4.34. The minimum atomic E-state index is -1.47. The van der Waals surface area contributed by atoms with Gasteiger partial charge in [-0.2, -0.15) is 0 Å². The Morgan fingerprint density at radius 3 is 1.76 bits per heavy atom. The van der Waals surface area contributed by atoms with Gasteiger partial charge in [0.15, 0.2) is 0 Å². The van der Waals surface area contributed by atoms with Crippen LogP contribution in [0.1, 0.15) is 131 Å². The molecule has 0 unspecified atom stereocenters. The molecule has 1 heterocycles. The lowest BCUT2D eigenvalue weighted by atomic mass is 9.92. The monoisotopic (exact) mass is 888 g/mol. The number of nitrogens with one attached hydrogen (secondary N) is 5. The van der Waals surface area contributed by atoms with Gasteiger partial charge in [0, 0.05) is 69.6 Å². The Hall–Kier alpha value is -5.63. The van der Waals surface area contributed by atoms with Crippen LogP contribution < -0.4 is 26.6 Å². The average Bonchev–Trinajstić information content (AvgIpc) is 3.68. The fourth-order valence-corrected chi connectivity index (χ4v) is 6.12. The Balaban J connectivity index is 1.49. The number of rotatable bonds is 34. The van der Waals surface area contributed by atoms with Gasteiger partial charge in [-0.25, -0.2) is 14.4 Å². The molecule has 0 aliphatic rings. The Labute approximate surface area is 369 Å². The first kappa shape index (κ1) is 53.5. The summed E-state index contributed by atoms with van der Waals surface area (Å²) in [6.45, 7) is 10.1. The van der Waals surface area contributed by atoms with Gasteiger partial charge >= 0.3 is 23.9 Å². The fourth-order valence-electron chi connectivity index (χ4n) is 6.12. The zero-order chi connectivity index (χ0) is 46.5. The molecule has 0 fully saturated rings.